The smallest absolute Gasteiger partial charge is 0.238 e. The van der Waals surface area contributed by atoms with Crippen LogP contribution in [-0.2, 0) is 11.2 Å². The summed E-state index contributed by atoms with van der Waals surface area (Å²) in [4.78, 5) is 15.9. The molecule has 1 aromatic heterocycles. The zero-order valence-corrected chi connectivity index (χ0v) is 10.6. The first kappa shape index (κ1) is 11.9. The van der Waals surface area contributed by atoms with E-state index >= 15 is 0 Å². The lowest BCUT2D eigenvalue weighted by Crippen LogP contribution is -2.49. The summed E-state index contributed by atoms with van der Waals surface area (Å²) >= 11 is 3.42. The van der Waals surface area contributed by atoms with Crippen LogP contribution in [0.3, 0.4) is 0 Å². The quantitative estimate of drug-likeness (QED) is 0.825. The second-order valence-corrected chi connectivity index (χ2v) is 5.47. The van der Waals surface area contributed by atoms with Gasteiger partial charge in [-0.1, -0.05) is 0 Å². The highest BCUT2D eigenvalue weighted by molar-refractivity contribution is 7.99. The van der Waals surface area contributed by atoms with E-state index < -0.39 is 0 Å². The van der Waals surface area contributed by atoms with Gasteiger partial charge in [0.2, 0.25) is 5.91 Å². The van der Waals surface area contributed by atoms with Gasteiger partial charge in [-0.15, -0.1) is 11.3 Å². The molecule has 1 amide bonds. The molecule has 2 N–H and O–H groups in total. The first-order valence-electron chi connectivity index (χ1n) is 5.32. The predicted molar refractivity (Wildman–Crippen MR) is 67.9 cm³/mol. The summed E-state index contributed by atoms with van der Waals surface area (Å²) in [5, 5.41) is 8.17. The Morgan fingerprint density at radius 3 is 3.31 bits per heavy atom. The van der Waals surface area contributed by atoms with Crippen LogP contribution in [0.4, 0.5) is 0 Å². The highest BCUT2D eigenvalue weighted by Crippen LogP contribution is 2.07. The molecule has 4 nitrogen and oxygen atoms in total. The topological polar surface area (TPSA) is 54.0 Å². The van der Waals surface area contributed by atoms with E-state index in [0.717, 1.165) is 30.2 Å². The number of nitrogens with zero attached hydrogens (tertiary/aromatic N) is 1. The van der Waals surface area contributed by atoms with Gasteiger partial charge < -0.3 is 10.6 Å². The van der Waals surface area contributed by atoms with Gasteiger partial charge in [0.1, 0.15) is 0 Å². The van der Waals surface area contributed by atoms with Crippen LogP contribution >= 0.6 is 23.1 Å². The van der Waals surface area contributed by atoms with Crippen molar-refractivity contribution < 1.29 is 4.79 Å². The molecule has 1 atom stereocenters. The van der Waals surface area contributed by atoms with Crippen molar-refractivity contribution in [1.82, 2.24) is 15.6 Å². The lowest BCUT2D eigenvalue weighted by molar-refractivity contribution is -0.122. The Labute approximate surface area is 103 Å². The summed E-state index contributed by atoms with van der Waals surface area (Å²) in [6.45, 7) is 1.60. The van der Waals surface area contributed by atoms with Gasteiger partial charge >= 0.3 is 0 Å². The molecule has 0 aliphatic carbocycles. The Morgan fingerprint density at radius 1 is 1.69 bits per heavy atom. The SMILES string of the molecule is O=C(NCCc1cscn1)C1CSCCN1. The molecule has 0 spiro atoms. The summed E-state index contributed by atoms with van der Waals surface area (Å²) < 4.78 is 0. The van der Waals surface area contributed by atoms with Crippen molar-refractivity contribution in [3.05, 3.63) is 16.6 Å². The predicted octanol–water partition coefficient (Wildman–Crippen LogP) is 0.507. The zero-order valence-electron chi connectivity index (χ0n) is 8.94. The minimum atomic E-state index is -0.0193. The highest BCUT2D eigenvalue weighted by Gasteiger charge is 2.20. The summed E-state index contributed by atoms with van der Waals surface area (Å²) in [5.41, 5.74) is 2.87. The van der Waals surface area contributed by atoms with Crippen molar-refractivity contribution in [2.24, 2.45) is 0 Å². The number of hydrogen-bond acceptors (Lipinski definition) is 5. The highest BCUT2D eigenvalue weighted by atomic mass is 32.2. The van der Waals surface area contributed by atoms with E-state index in [-0.39, 0.29) is 11.9 Å². The molecule has 0 aromatic carbocycles. The molecule has 1 aliphatic rings. The Morgan fingerprint density at radius 2 is 2.62 bits per heavy atom. The molecule has 16 heavy (non-hydrogen) atoms. The van der Waals surface area contributed by atoms with E-state index in [0.29, 0.717) is 6.54 Å². The van der Waals surface area contributed by atoms with Crippen LogP contribution < -0.4 is 10.6 Å². The Balaban J connectivity index is 1.67. The van der Waals surface area contributed by atoms with Crippen LogP contribution in [0.15, 0.2) is 10.9 Å². The average molecular weight is 257 g/mol. The molecule has 2 heterocycles. The van der Waals surface area contributed by atoms with Gasteiger partial charge in [-0.05, 0) is 0 Å². The molecule has 6 heteroatoms. The fraction of sp³-hybridized carbons (Fsp3) is 0.600. The normalized spacial score (nSPS) is 20.6. The molecule has 1 fully saturated rings. The molecule has 88 valence electrons. The van der Waals surface area contributed by atoms with Gasteiger partial charge in [0.25, 0.3) is 0 Å². The third-order valence-electron chi connectivity index (χ3n) is 2.40. The van der Waals surface area contributed by atoms with E-state index in [1.165, 1.54) is 0 Å². The van der Waals surface area contributed by atoms with Gasteiger partial charge in [0.05, 0.1) is 17.2 Å². The van der Waals surface area contributed by atoms with E-state index in [2.05, 4.69) is 15.6 Å². The van der Waals surface area contributed by atoms with Crippen molar-refractivity contribution in [2.45, 2.75) is 12.5 Å². The minimum Gasteiger partial charge on any atom is -0.354 e. The monoisotopic (exact) mass is 257 g/mol. The molecule has 1 aromatic rings. The van der Waals surface area contributed by atoms with Crippen molar-refractivity contribution >= 4 is 29.0 Å². The standard InChI is InChI=1S/C10H15N3OS2/c14-10(9-6-15-4-3-11-9)12-2-1-8-5-16-7-13-8/h5,7,9,11H,1-4,6H2,(H,12,14). The zero-order chi connectivity index (χ0) is 11.2. The van der Waals surface area contributed by atoms with Gasteiger partial charge in [-0.3, -0.25) is 4.79 Å². The van der Waals surface area contributed by atoms with E-state index in [1.807, 2.05) is 22.7 Å². The Kier molecular flexibility index (Phi) is 4.62. The number of amides is 1. The lowest BCUT2D eigenvalue weighted by atomic mass is 10.3. The molecule has 0 radical (unpaired) electrons. The molecule has 0 bridgehead atoms. The fourth-order valence-corrected chi connectivity index (χ4v) is 3.06. The third-order valence-corrected chi connectivity index (χ3v) is 4.10. The number of thioether (sulfide) groups is 1. The van der Waals surface area contributed by atoms with E-state index in [9.17, 15) is 4.79 Å². The summed E-state index contributed by atoms with van der Waals surface area (Å²) in [6.07, 6.45) is 0.815. The number of rotatable bonds is 4. The minimum absolute atomic E-state index is 0.0193. The number of aromatic nitrogens is 1. The third kappa shape index (κ3) is 3.47. The second-order valence-electron chi connectivity index (χ2n) is 3.60. The fourth-order valence-electron chi connectivity index (χ4n) is 1.53. The average Bonchev–Trinajstić information content (AvgIpc) is 2.83. The summed E-state index contributed by atoms with van der Waals surface area (Å²) in [7, 11) is 0. The number of thiazole rings is 1. The van der Waals surface area contributed by atoms with Crippen LogP contribution in [-0.4, -0.2) is 41.5 Å². The molecule has 2 rings (SSSR count). The number of nitrogens with one attached hydrogen (secondary N) is 2. The van der Waals surface area contributed by atoms with E-state index in [1.54, 1.807) is 11.3 Å². The molecule has 1 aliphatic heterocycles. The van der Waals surface area contributed by atoms with Crippen LogP contribution in [0.1, 0.15) is 5.69 Å². The van der Waals surface area contributed by atoms with Crippen LogP contribution in [0, 0.1) is 0 Å². The van der Waals surface area contributed by atoms with Crippen molar-refractivity contribution in [3.63, 3.8) is 0 Å². The number of hydrogen-bond donors (Lipinski definition) is 2. The van der Waals surface area contributed by atoms with Gasteiger partial charge in [-0.25, -0.2) is 4.98 Å². The van der Waals surface area contributed by atoms with Gasteiger partial charge in [0.15, 0.2) is 0 Å². The van der Waals surface area contributed by atoms with Gasteiger partial charge in [-0.2, -0.15) is 11.8 Å². The Bertz CT molecular complexity index is 323. The van der Waals surface area contributed by atoms with Gasteiger partial charge in [0, 0.05) is 36.4 Å². The van der Waals surface area contributed by atoms with Crippen LogP contribution in [0.5, 0.6) is 0 Å². The van der Waals surface area contributed by atoms with E-state index in [4.69, 9.17) is 0 Å². The summed E-state index contributed by atoms with van der Waals surface area (Å²) in [5.74, 6) is 2.09. The summed E-state index contributed by atoms with van der Waals surface area (Å²) in [6, 6.07) is -0.0193. The van der Waals surface area contributed by atoms with Crippen molar-refractivity contribution in [2.75, 3.05) is 24.6 Å². The largest absolute Gasteiger partial charge is 0.354 e. The molecule has 0 saturated carbocycles. The van der Waals surface area contributed by atoms with Crippen LogP contribution in [0.25, 0.3) is 0 Å². The first-order chi connectivity index (χ1) is 7.86. The second kappa shape index (κ2) is 6.22. The van der Waals surface area contributed by atoms with Crippen LogP contribution in [0.2, 0.25) is 0 Å². The molecular weight excluding hydrogens is 242 g/mol. The molecule has 1 saturated heterocycles. The number of carbonyl (C=O) groups is 1. The first-order valence-corrected chi connectivity index (χ1v) is 7.42. The molecular formula is C10H15N3OS2. The Hall–Kier alpha value is -0.590. The maximum Gasteiger partial charge on any atom is 0.238 e. The van der Waals surface area contributed by atoms with Crippen molar-refractivity contribution in [3.8, 4) is 0 Å². The lowest BCUT2D eigenvalue weighted by Gasteiger charge is -2.22. The maximum atomic E-state index is 11.7. The van der Waals surface area contributed by atoms with Crippen molar-refractivity contribution in [1.29, 1.82) is 0 Å². The molecule has 1 unspecified atom stereocenters. The maximum absolute atomic E-state index is 11.7. The number of carbonyl (C=O) groups excluding carboxylic acids is 1.